The number of nitrogens with zero attached hydrogens (tertiary/aromatic N) is 4. The van der Waals surface area contributed by atoms with Crippen molar-refractivity contribution in [3.05, 3.63) is 89.3 Å². The number of anilines is 1. The van der Waals surface area contributed by atoms with Crippen LogP contribution in [-0.2, 0) is 0 Å². The van der Waals surface area contributed by atoms with Gasteiger partial charge >= 0.3 is 0 Å². The Hall–Kier alpha value is -3.26. The number of para-hydroxylation sites is 1. The Morgan fingerprint density at radius 3 is 2.39 bits per heavy atom. The first-order valence-corrected chi connectivity index (χ1v) is 11.3. The third-order valence-corrected chi connectivity index (χ3v) is 6.43. The molecule has 0 aliphatic carbocycles. The van der Waals surface area contributed by atoms with Crippen LogP contribution in [0.4, 0.5) is 5.95 Å². The highest BCUT2D eigenvalue weighted by Gasteiger charge is 2.36. The number of H-pyrrole nitrogens is 1. The summed E-state index contributed by atoms with van der Waals surface area (Å²) in [5, 5.41) is 12.8. The Balaban J connectivity index is 1.42. The van der Waals surface area contributed by atoms with Gasteiger partial charge in [-0.05, 0) is 29.8 Å². The van der Waals surface area contributed by atoms with E-state index in [4.69, 9.17) is 11.6 Å². The molecule has 2 aromatic carbocycles. The molecule has 33 heavy (non-hydrogen) atoms. The van der Waals surface area contributed by atoms with Gasteiger partial charge in [-0.1, -0.05) is 41.9 Å². The molecule has 0 spiro atoms. The molecule has 2 atom stereocenters. The molecular weight excluding hydrogens is 438 g/mol. The second-order valence-corrected chi connectivity index (χ2v) is 8.56. The number of aromatic amines is 1. The maximum atomic E-state index is 13.5. The van der Waals surface area contributed by atoms with Crippen molar-refractivity contribution in [2.45, 2.75) is 12.1 Å². The molecule has 1 fully saturated rings. The lowest BCUT2D eigenvalue weighted by atomic mass is 9.93. The number of Topliss-reactive ketones (excluding diaryl/α,β-unsaturated/α-hetero) is 1. The van der Waals surface area contributed by atoms with Crippen LogP contribution in [0, 0.1) is 0 Å². The van der Waals surface area contributed by atoms with Crippen LogP contribution in [0.1, 0.15) is 22.0 Å². The van der Waals surface area contributed by atoms with Crippen LogP contribution in [0.2, 0.25) is 5.02 Å². The van der Waals surface area contributed by atoms with E-state index in [0.29, 0.717) is 42.7 Å². The zero-order chi connectivity index (χ0) is 22.8. The summed E-state index contributed by atoms with van der Waals surface area (Å²) >= 11 is 6.11. The van der Waals surface area contributed by atoms with E-state index in [0.717, 1.165) is 16.5 Å². The predicted octanol–water partition coefficient (Wildman–Crippen LogP) is 3.72. The van der Waals surface area contributed by atoms with Gasteiger partial charge in [0.05, 0.1) is 6.04 Å². The number of carbonyl (C=O) groups is 1. The number of rotatable bonds is 6. The lowest BCUT2D eigenvalue weighted by Gasteiger charge is -2.40. The molecule has 8 heteroatoms. The summed E-state index contributed by atoms with van der Waals surface area (Å²) in [6.07, 6.45) is 3.91. The highest BCUT2D eigenvalue weighted by atomic mass is 35.5. The van der Waals surface area contributed by atoms with Crippen LogP contribution in [0.5, 0.6) is 0 Å². The van der Waals surface area contributed by atoms with Crippen molar-refractivity contribution < 1.29 is 9.90 Å². The lowest BCUT2D eigenvalue weighted by Crippen LogP contribution is -2.51. The molecule has 1 saturated heterocycles. The van der Waals surface area contributed by atoms with Crippen molar-refractivity contribution in [1.82, 2.24) is 19.9 Å². The average molecular weight is 462 g/mol. The van der Waals surface area contributed by atoms with Crippen LogP contribution >= 0.6 is 11.6 Å². The topological polar surface area (TPSA) is 85.4 Å². The number of halogens is 1. The third kappa shape index (κ3) is 4.35. The van der Waals surface area contributed by atoms with Crippen molar-refractivity contribution in [2.75, 3.05) is 31.1 Å². The van der Waals surface area contributed by atoms with E-state index in [-0.39, 0.29) is 5.78 Å². The second kappa shape index (κ2) is 9.31. The quantitative estimate of drug-likeness (QED) is 0.426. The smallest absolute Gasteiger partial charge is 0.225 e. The molecule has 2 aromatic heterocycles. The first-order valence-electron chi connectivity index (χ1n) is 10.9. The fourth-order valence-electron chi connectivity index (χ4n) is 4.49. The number of benzene rings is 2. The van der Waals surface area contributed by atoms with Crippen molar-refractivity contribution in [1.29, 1.82) is 0 Å². The van der Waals surface area contributed by atoms with E-state index in [1.807, 2.05) is 36.4 Å². The van der Waals surface area contributed by atoms with Gasteiger partial charge in [-0.2, -0.15) is 0 Å². The largest absolute Gasteiger partial charge is 0.383 e. The number of aliphatic hydroxyl groups excluding tert-OH is 1. The Morgan fingerprint density at radius 2 is 1.67 bits per heavy atom. The molecule has 0 unspecified atom stereocenters. The number of ketones is 1. The maximum Gasteiger partial charge on any atom is 0.225 e. The highest BCUT2D eigenvalue weighted by Crippen LogP contribution is 2.31. The number of hydrogen-bond donors (Lipinski definition) is 2. The summed E-state index contributed by atoms with van der Waals surface area (Å²) in [7, 11) is 0. The third-order valence-electron chi connectivity index (χ3n) is 6.18. The summed E-state index contributed by atoms with van der Waals surface area (Å²) in [4.78, 5) is 29.6. The predicted molar refractivity (Wildman–Crippen MR) is 129 cm³/mol. The Kier molecular flexibility index (Phi) is 6.09. The average Bonchev–Trinajstić information content (AvgIpc) is 3.30. The Labute approximate surface area is 196 Å². The summed E-state index contributed by atoms with van der Waals surface area (Å²) < 4.78 is 0. The molecule has 0 amide bonds. The van der Waals surface area contributed by atoms with Crippen LogP contribution < -0.4 is 4.90 Å². The molecule has 1 aliphatic rings. The van der Waals surface area contributed by atoms with Gasteiger partial charge < -0.3 is 15.0 Å². The summed E-state index contributed by atoms with van der Waals surface area (Å²) in [5.74, 6) is 0.386. The molecule has 4 aromatic rings. The van der Waals surface area contributed by atoms with Crippen LogP contribution in [0.25, 0.3) is 10.9 Å². The van der Waals surface area contributed by atoms with Crippen LogP contribution in [0.3, 0.4) is 0 Å². The van der Waals surface area contributed by atoms with Crippen molar-refractivity contribution in [2.24, 2.45) is 0 Å². The number of piperazine rings is 1. The molecule has 0 radical (unpaired) electrons. The zero-order valence-electron chi connectivity index (χ0n) is 17.9. The fraction of sp³-hybridized carbons (Fsp3) is 0.240. The SMILES string of the molecule is O=C(c1c[nH]c2ccccc12)[C@@H](O)[C@H](c1ccc(Cl)cc1)N1CCN(c2ncccn2)CC1. The molecule has 2 N–H and O–H groups in total. The van der Waals surface area contributed by atoms with Gasteiger partial charge in [-0.25, -0.2) is 9.97 Å². The fourth-order valence-corrected chi connectivity index (χ4v) is 4.61. The summed E-state index contributed by atoms with van der Waals surface area (Å²) in [5.41, 5.74) is 2.21. The molecule has 5 rings (SSSR count). The number of nitrogens with one attached hydrogen (secondary N) is 1. The normalized spacial score (nSPS) is 16.6. The Morgan fingerprint density at radius 1 is 0.970 bits per heavy atom. The van der Waals surface area contributed by atoms with Gasteiger partial charge in [-0.3, -0.25) is 9.69 Å². The minimum atomic E-state index is -1.23. The number of carbonyl (C=O) groups excluding carboxylic acids is 1. The molecule has 168 valence electrons. The standard InChI is InChI=1S/C25H24ClN5O2/c26-18-8-6-17(7-9-18)22(30-12-14-31(15-13-30)25-27-10-3-11-28-25)24(33)23(32)20-16-29-21-5-2-1-4-19(20)21/h1-11,16,22,24,29,33H,12-15H2/t22-,24-/m0/s1. The van der Waals surface area contributed by atoms with E-state index in [1.54, 1.807) is 36.8 Å². The highest BCUT2D eigenvalue weighted by molar-refractivity contribution is 6.30. The maximum absolute atomic E-state index is 13.5. The van der Waals surface area contributed by atoms with E-state index in [2.05, 4.69) is 24.8 Å². The Bertz CT molecular complexity index is 1240. The first kappa shape index (κ1) is 21.6. The minimum Gasteiger partial charge on any atom is -0.383 e. The van der Waals surface area contributed by atoms with Gasteiger partial charge in [0.2, 0.25) is 5.95 Å². The van der Waals surface area contributed by atoms with Gasteiger partial charge in [-0.15, -0.1) is 0 Å². The van der Waals surface area contributed by atoms with Crippen molar-refractivity contribution in [3.63, 3.8) is 0 Å². The first-order chi connectivity index (χ1) is 16.1. The van der Waals surface area contributed by atoms with Crippen LogP contribution in [-0.4, -0.2) is 63.0 Å². The molecular formula is C25H24ClN5O2. The minimum absolute atomic E-state index is 0.304. The van der Waals surface area contributed by atoms with Crippen molar-refractivity contribution in [3.8, 4) is 0 Å². The van der Waals surface area contributed by atoms with E-state index in [9.17, 15) is 9.90 Å². The number of aliphatic hydroxyl groups is 1. The molecule has 3 heterocycles. The number of fused-ring (bicyclic) bond motifs is 1. The van der Waals surface area contributed by atoms with E-state index >= 15 is 0 Å². The summed E-state index contributed by atoms with van der Waals surface area (Å²) in [6, 6.07) is 16.3. The lowest BCUT2D eigenvalue weighted by molar-refractivity contribution is 0.0365. The molecule has 1 aliphatic heterocycles. The number of aromatic nitrogens is 3. The zero-order valence-corrected chi connectivity index (χ0v) is 18.7. The molecule has 7 nitrogen and oxygen atoms in total. The van der Waals surface area contributed by atoms with Gasteiger partial charge in [0.25, 0.3) is 0 Å². The molecule has 0 saturated carbocycles. The van der Waals surface area contributed by atoms with E-state index in [1.165, 1.54) is 0 Å². The molecule has 0 bridgehead atoms. The second-order valence-electron chi connectivity index (χ2n) is 8.13. The van der Waals surface area contributed by atoms with Crippen LogP contribution in [0.15, 0.2) is 73.2 Å². The monoisotopic (exact) mass is 461 g/mol. The summed E-state index contributed by atoms with van der Waals surface area (Å²) in [6.45, 7) is 2.71. The van der Waals surface area contributed by atoms with Gasteiger partial charge in [0, 0.05) is 66.3 Å². The van der Waals surface area contributed by atoms with Gasteiger partial charge in [0.15, 0.2) is 5.78 Å². The van der Waals surface area contributed by atoms with E-state index < -0.39 is 12.1 Å². The van der Waals surface area contributed by atoms with Crippen molar-refractivity contribution >= 4 is 34.2 Å². The van der Waals surface area contributed by atoms with Gasteiger partial charge in [0.1, 0.15) is 6.10 Å². The number of hydrogen-bond acceptors (Lipinski definition) is 6.